The summed E-state index contributed by atoms with van der Waals surface area (Å²) in [5.74, 6) is -1.86. The van der Waals surface area contributed by atoms with Crippen LogP contribution in [0, 0.1) is 5.92 Å². The molecule has 0 bridgehead atoms. The van der Waals surface area contributed by atoms with Gasteiger partial charge in [-0.2, -0.15) is 8.42 Å². The fraction of sp³-hybridized carbons (Fsp3) is 0.125. The number of amides is 3. The third kappa shape index (κ3) is 2.03. The number of halogens is 2. The molecule has 1 fully saturated rings. The van der Waals surface area contributed by atoms with Gasteiger partial charge < -0.3 is 5.32 Å². The van der Waals surface area contributed by atoms with Gasteiger partial charge in [-0.15, -0.1) is 0 Å². The van der Waals surface area contributed by atoms with Gasteiger partial charge in [-0.3, -0.25) is 10.1 Å². The Morgan fingerprint density at radius 2 is 1.94 bits per heavy atom. The van der Waals surface area contributed by atoms with E-state index in [0.717, 1.165) is 0 Å². The average Bonchev–Trinajstić information content (AvgIpc) is 2.19. The highest BCUT2D eigenvalue weighted by Gasteiger charge is 2.40. The molecule has 2 aliphatic rings. The quantitative estimate of drug-likeness (QED) is 0.618. The third-order valence-electron chi connectivity index (χ3n) is 2.22. The number of imide groups is 1. The molecule has 1 unspecified atom stereocenters. The molecule has 1 atom stereocenters. The number of fused-ring (bicyclic) bond motifs is 1. The van der Waals surface area contributed by atoms with Crippen LogP contribution < -0.4 is 10.6 Å². The van der Waals surface area contributed by atoms with Crippen molar-refractivity contribution in [2.45, 2.75) is 0 Å². The zero-order valence-electron chi connectivity index (χ0n) is 7.95. The zero-order valence-corrected chi connectivity index (χ0v) is 11.1. The molecule has 0 aromatic carbocycles. The normalized spacial score (nSPS) is 23.8. The van der Waals surface area contributed by atoms with Crippen molar-refractivity contribution >= 4 is 54.6 Å². The Balaban J connectivity index is 2.70. The highest BCUT2D eigenvalue weighted by molar-refractivity contribution is 9.12. The van der Waals surface area contributed by atoms with Gasteiger partial charge in [-0.05, 0) is 22.0 Å². The first-order valence-electron chi connectivity index (χ1n) is 4.27. The minimum absolute atomic E-state index is 0.0721. The fourth-order valence-electron chi connectivity index (χ4n) is 1.56. The number of carbonyl (C=O) groups is 2. The van der Waals surface area contributed by atoms with Gasteiger partial charge >= 0.3 is 6.03 Å². The molecule has 3 amide bonds. The Bertz CT molecular complexity index is 626. The molecule has 0 saturated carbocycles. The summed E-state index contributed by atoms with van der Waals surface area (Å²) < 4.78 is 22.4. The van der Waals surface area contributed by atoms with Crippen LogP contribution in [0.15, 0.2) is 21.3 Å². The van der Waals surface area contributed by atoms with E-state index in [4.69, 9.17) is 11.6 Å². The van der Waals surface area contributed by atoms with Crippen LogP contribution in [0.2, 0.25) is 0 Å². The number of carbonyl (C=O) groups excluding carboxylic acids is 2. The first-order valence-corrected chi connectivity index (χ1v) is 6.51. The summed E-state index contributed by atoms with van der Waals surface area (Å²) in [5, 5.41) is 4.41. The lowest BCUT2D eigenvalue weighted by Crippen LogP contribution is -2.54. The van der Waals surface area contributed by atoms with E-state index in [1.54, 1.807) is 0 Å². The Hall–Kier alpha value is -1.12. The van der Waals surface area contributed by atoms with Crippen molar-refractivity contribution in [2.75, 3.05) is 0 Å². The second-order valence-electron chi connectivity index (χ2n) is 3.23. The SMILES string of the molecule is O=C1NC(=O)C2C(=C(Cl)C=C(Br)C2=S(=O)=O)N1. The molecule has 0 spiro atoms. The maximum absolute atomic E-state index is 11.6. The number of urea groups is 1. The molecule has 1 saturated heterocycles. The van der Waals surface area contributed by atoms with Crippen LogP contribution in [0.3, 0.4) is 0 Å². The van der Waals surface area contributed by atoms with Crippen molar-refractivity contribution in [3.63, 3.8) is 0 Å². The van der Waals surface area contributed by atoms with Crippen molar-refractivity contribution in [3.8, 4) is 0 Å². The molecule has 2 rings (SSSR count). The van der Waals surface area contributed by atoms with E-state index in [1.807, 2.05) is 5.32 Å². The van der Waals surface area contributed by atoms with Crippen LogP contribution in [-0.2, 0) is 15.1 Å². The molecule has 0 aromatic rings. The summed E-state index contributed by atoms with van der Waals surface area (Å²) in [7, 11) is -2.60. The van der Waals surface area contributed by atoms with Gasteiger partial charge in [0, 0.05) is 4.48 Å². The van der Waals surface area contributed by atoms with Crippen LogP contribution in [0.25, 0.3) is 0 Å². The number of allylic oxidation sites excluding steroid dienone is 3. The Labute approximate surface area is 110 Å². The fourth-order valence-corrected chi connectivity index (χ4v) is 3.45. The monoisotopic (exact) mass is 338 g/mol. The smallest absolute Gasteiger partial charge is 0.309 e. The number of hydrogen-bond acceptors (Lipinski definition) is 4. The summed E-state index contributed by atoms with van der Waals surface area (Å²) in [6.07, 6.45) is 1.32. The van der Waals surface area contributed by atoms with E-state index in [0.29, 0.717) is 0 Å². The van der Waals surface area contributed by atoms with E-state index in [2.05, 4.69) is 21.2 Å². The van der Waals surface area contributed by atoms with Gasteiger partial charge in [0.2, 0.25) is 16.2 Å². The number of nitrogens with one attached hydrogen (secondary N) is 2. The zero-order chi connectivity index (χ0) is 12.7. The van der Waals surface area contributed by atoms with Gasteiger partial charge in [-0.25, -0.2) is 4.79 Å². The van der Waals surface area contributed by atoms with Crippen LogP contribution >= 0.6 is 27.5 Å². The Morgan fingerprint density at radius 3 is 2.53 bits per heavy atom. The Morgan fingerprint density at radius 1 is 1.29 bits per heavy atom. The first kappa shape index (κ1) is 12.3. The van der Waals surface area contributed by atoms with Crippen molar-refractivity contribution < 1.29 is 18.0 Å². The molecule has 2 N–H and O–H groups in total. The average molecular weight is 340 g/mol. The van der Waals surface area contributed by atoms with E-state index in [9.17, 15) is 18.0 Å². The van der Waals surface area contributed by atoms with Gasteiger partial charge in [-0.1, -0.05) is 11.6 Å². The maximum Gasteiger partial charge on any atom is 0.325 e. The highest BCUT2D eigenvalue weighted by Crippen LogP contribution is 2.32. The summed E-state index contributed by atoms with van der Waals surface area (Å²) in [6, 6.07) is -0.734. The lowest BCUT2D eigenvalue weighted by molar-refractivity contribution is -0.121. The van der Waals surface area contributed by atoms with Crippen LogP contribution in [0.5, 0.6) is 0 Å². The molecular weight excluding hydrogens is 336 g/mol. The topological polar surface area (TPSA) is 92.3 Å². The van der Waals surface area contributed by atoms with Gasteiger partial charge in [0.15, 0.2) is 0 Å². The summed E-state index contributed by atoms with van der Waals surface area (Å²) in [4.78, 5) is 22.6. The van der Waals surface area contributed by atoms with Crippen LogP contribution in [0.1, 0.15) is 0 Å². The van der Waals surface area contributed by atoms with Crippen LogP contribution in [0.4, 0.5) is 4.79 Å². The molecule has 1 heterocycles. The molecule has 1 aliphatic carbocycles. The number of rotatable bonds is 0. The minimum atomic E-state index is -2.60. The van der Waals surface area contributed by atoms with Crippen molar-refractivity contribution in [2.24, 2.45) is 5.92 Å². The lowest BCUT2D eigenvalue weighted by atomic mass is 9.94. The predicted octanol–water partition coefficient (Wildman–Crippen LogP) is 0.236. The molecule has 9 heteroatoms. The maximum atomic E-state index is 11.6. The molecule has 90 valence electrons. The first-order chi connectivity index (χ1) is 7.91. The molecule has 6 nitrogen and oxygen atoms in total. The van der Waals surface area contributed by atoms with E-state index in [-0.39, 0.29) is 20.1 Å². The molecule has 0 aromatic heterocycles. The van der Waals surface area contributed by atoms with Crippen molar-refractivity contribution in [1.29, 1.82) is 0 Å². The summed E-state index contributed by atoms with van der Waals surface area (Å²) in [5.41, 5.74) is 0.0721. The second kappa shape index (κ2) is 4.28. The van der Waals surface area contributed by atoms with Crippen LogP contribution in [-0.4, -0.2) is 25.2 Å². The molecule has 17 heavy (non-hydrogen) atoms. The molecule has 0 radical (unpaired) electrons. The minimum Gasteiger partial charge on any atom is -0.309 e. The Kier molecular flexibility index (Phi) is 3.11. The van der Waals surface area contributed by atoms with Crippen molar-refractivity contribution in [1.82, 2.24) is 10.6 Å². The van der Waals surface area contributed by atoms with E-state index < -0.39 is 28.1 Å². The standard InChI is InChI=1S/C8H4BrClN2O4S/c9-2-1-3(10)5-4(6(2)17(15)16)7(13)12-8(14)11-5/h1,4H,(H2,11,12,13,14). The largest absolute Gasteiger partial charge is 0.325 e. The van der Waals surface area contributed by atoms with E-state index >= 15 is 0 Å². The summed E-state index contributed by atoms with van der Waals surface area (Å²) in [6.45, 7) is 0. The highest BCUT2D eigenvalue weighted by atomic mass is 79.9. The third-order valence-corrected chi connectivity index (χ3v) is 4.27. The molecular formula is C8H4BrClN2O4S. The van der Waals surface area contributed by atoms with Crippen molar-refractivity contribution in [3.05, 3.63) is 21.3 Å². The second-order valence-corrected chi connectivity index (χ2v) is 5.40. The number of hydrogen-bond donors (Lipinski definition) is 2. The predicted molar refractivity (Wildman–Crippen MR) is 64.0 cm³/mol. The lowest BCUT2D eigenvalue weighted by Gasteiger charge is -2.28. The summed E-state index contributed by atoms with van der Waals surface area (Å²) >= 11 is 8.87. The molecule has 1 aliphatic heterocycles. The van der Waals surface area contributed by atoms with Gasteiger partial charge in [0.05, 0.1) is 10.7 Å². The van der Waals surface area contributed by atoms with Gasteiger partial charge in [0.25, 0.3) is 0 Å². The van der Waals surface area contributed by atoms with E-state index in [1.165, 1.54) is 6.08 Å². The van der Waals surface area contributed by atoms with Gasteiger partial charge in [0.1, 0.15) is 10.8 Å².